The predicted molar refractivity (Wildman–Crippen MR) is 140 cm³/mol. The van der Waals surface area contributed by atoms with Crippen molar-refractivity contribution in [2.45, 2.75) is 18.9 Å². The average Bonchev–Trinajstić information content (AvgIpc) is 3.37. The molecule has 3 aromatic rings. The van der Waals surface area contributed by atoms with E-state index in [1.165, 1.54) is 39.6 Å². The number of piperazine rings is 1. The molecule has 0 radical (unpaired) electrons. The Kier molecular flexibility index (Phi) is 6.40. The molecule has 0 aliphatic carbocycles. The Morgan fingerprint density at radius 3 is 2.31 bits per heavy atom. The number of nitrogens with zero attached hydrogens (tertiary/aromatic N) is 5. The molecule has 0 bridgehead atoms. The van der Waals surface area contributed by atoms with E-state index in [9.17, 15) is 13.2 Å². The van der Waals surface area contributed by atoms with Crippen LogP contribution in [0.4, 0.5) is 11.4 Å². The summed E-state index contributed by atoms with van der Waals surface area (Å²) in [5.74, 6) is -0.182. The zero-order chi connectivity index (χ0) is 25.3. The second-order valence-corrected chi connectivity index (χ2v) is 10.9. The summed E-state index contributed by atoms with van der Waals surface area (Å²) in [7, 11) is -3.91. The van der Waals surface area contributed by atoms with E-state index >= 15 is 0 Å². The number of amides is 1. The highest BCUT2D eigenvalue weighted by Gasteiger charge is 2.37. The Bertz CT molecular complexity index is 1390. The van der Waals surface area contributed by atoms with E-state index in [0.29, 0.717) is 31.9 Å². The Hall–Kier alpha value is -3.85. The highest BCUT2D eigenvalue weighted by atomic mass is 32.2. The number of hydrogen-bond donors (Lipinski definition) is 0. The van der Waals surface area contributed by atoms with E-state index in [-0.39, 0.29) is 17.6 Å². The summed E-state index contributed by atoms with van der Waals surface area (Å²) in [4.78, 5) is 23.6. The first-order valence-electron chi connectivity index (χ1n) is 11.9. The number of hydrogen-bond acceptors (Lipinski definition) is 6. The first-order chi connectivity index (χ1) is 17.3. The van der Waals surface area contributed by atoms with Crippen LogP contribution in [0.1, 0.15) is 11.1 Å². The van der Waals surface area contributed by atoms with Gasteiger partial charge >= 0.3 is 0 Å². The molecule has 186 valence electrons. The van der Waals surface area contributed by atoms with Gasteiger partial charge in [-0.3, -0.25) is 9.10 Å². The summed E-state index contributed by atoms with van der Waals surface area (Å²) in [6.45, 7) is 6.72. The summed E-state index contributed by atoms with van der Waals surface area (Å²) in [6.07, 6.45) is 2.89. The lowest BCUT2D eigenvalue weighted by Gasteiger charge is -2.37. The lowest BCUT2D eigenvalue weighted by Crippen LogP contribution is -2.50. The molecule has 0 atom stereocenters. The summed E-state index contributed by atoms with van der Waals surface area (Å²) >= 11 is 0. The zero-order valence-corrected chi connectivity index (χ0v) is 21.2. The van der Waals surface area contributed by atoms with Crippen LogP contribution in [0.5, 0.6) is 0 Å². The normalized spacial score (nSPS) is 16.3. The van der Waals surface area contributed by atoms with Crippen LogP contribution in [0.15, 0.2) is 89.8 Å². The average molecular weight is 504 g/mol. The number of rotatable bonds is 5. The van der Waals surface area contributed by atoms with Gasteiger partial charge in [0.1, 0.15) is 12.4 Å². The van der Waals surface area contributed by atoms with Gasteiger partial charge in [0.2, 0.25) is 0 Å². The molecule has 1 amide bonds. The van der Waals surface area contributed by atoms with E-state index in [1.54, 1.807) is 21.9 Å². The topological polar surface area (TPSA) is 77.1 Å². The third-order valence-corrected chi connectivity index (χ3v) is 8.22. The van der Waals surface area contributed by atoms with Gasteiger partial charge in [0.25, 0.3) is 15.9 Å². The Labute approximate surface area is 212 Å². The fourth-order valence-electron chi connectivity index (χ4n) is 4.60. The van der Waals surface area contributed by atoms with E-state index in [1.807, 2.05) is 30.3 Å². The maximum absolute atomic E-state index is 13.7. The lowest BCUT2D eigenvalue weighted by molar-refractivity contribution is -0.127. The predicted octanol–water partition coefficient (Wildman–Crippen LogP) is 3.36. The Balaban J connectivity index is 1.39. The first kappa shape index (κ1) is 23.9. The van der Waals surface area contributed by atoms with Crippen LogP contribution in [0, 0.1) is 13.8 Å². The van der Waals surface area contributed by atoms with Gasteiger partial charge in [-0.2, -0.15) is 8.42 Å². The van der Waals surface area contributed by atoms with E-state index in [4.69, 9.17) is 0 Å². The van der Waals surface area contributed by atoms with Gasteiger partial charge in [-0.1, -0.05) is 36.4 Å². The maximum Gasteiger partial charge on any atom is 0.282 e. The third kappa shape index (κ3) is 4.54. The molecule has 5 rings (SSSR count). The minimum atomic E-state index is -3.91. The number of aromatic nitrogens is 1. The van der Waals surface area contributed by atoms with Crippen LogP contribution < -0.4 is 9.80 Å². The number of carbonyl (C=O) groups is 1. The SMILES string of the molecule is Cc1ccc(C)c(N2CCN(C(=O)C3=CN(S(=O)(=O)c4ccccn4)CN3c3ccccc3)CC2)c1. The molecule has 3 heterocycles. The van der Waals surface area contributed by atoms with Crippen molar-refractivity contribution in [3.8, 4) is 0 Å². The monoisotopic (exact) mass is 503 g/mol. The molecule has 0 saturated carbocycles. The van der Waals surface area contributed by atoms with Crippen molar-refractivity contribution in [2.24, 2.45) is 0 Å². The van der Waals surface area contributed by atoms with Gasteiger partial charge in [0.05, 0.1) is 0 Å². The van der Waals surface area contributed by atoms with Crippen molar-refractivity contribution in [1.82, 2.24) is 14.2 Å². The Morgan fingerprint density at radius 2 is 1.61 bits per heavy atom. The van der Waals surface area contributed by atoms with Crippen LogP contribution in [0.3, 0.4) is 0 Å². The van der Waals surface area contributed by atoms with Gasteiger partial charge in [-0.15, -0.1) is 0 Å². The maximum atomic E-state index is 13.7. The molecule has 0 spiro atoms. The first-order valence-corrected chi connectivity index (χ1v) is 13.4. The number of carbonyl (C=O) groups excluding carboxylic acids is 1. The minimum Gasteiger partial charge on any atom is -0.368 e. The molecule has 2 aliphatic heterocycles. The quantitative estimate of drug-likeness (QED) is 0.532. The molecule has 8 nitrogen and oxygen atoms in total. The highest BCUT2D eigenvalue weighted by Crippen LogP contribution is 2.30. The molecule has 1 fully saturated rings. The minimum absolute atomic E-state index is 0.00640. The van der Waals surface area contributed by atoms with Crippen LogP contribution in [0.25, 0.3) is 0 Å². The van der Waals surface area contributed by atoms with Crippen LogP contribution in [-0.2, 0) is 14.8 Å². The molecular formula is C27H29N5O3S. The smallest absolute Gasteiger partial charge is 0.282 e. The Morgan fingerprint density at radius 1 is 0.889 bits per heavy atom. The standard InChI is InChI=1S/C27H29N5O3S/c1-21-11-12-22(2)24(18-21)29-14-16-30(17-15-29)27(33)25-19-31(20-32(25)23-8-4-3-5-9-23)36(34,35)26-10-6-7-13-28-26/h3-13,18-19H,14-17,20H2,1-2H3. The number of aryl methyl sites for hydroxylation is 2. The van der Waals surface area contributed by atoms with E-state index in [2.05, 4.69) is 41.9 Å². The molecular weight excluding hydrogens is 474 g/mol. The summed E-state index contributed by atoms with van der Waals surface area (Å²) in [5, 5.41) is -0.0508. The molecule has 1 aromatic heterocycles. The van der Waals surface area contributed by atoms with Crippen molar-refractivity contribution < 1.29 is 13.2 Å². The summed E-state index contributed by atoms with van der Waals surface area (Å²) in [5.41, 5.74) is 4.70. The summed E-state index contributed by atoms with van der Waals surface area (Å²) in [6, 6.07) is 20.6. The number of benzene rings is 2. The van der Waals surface area contributed by atoms with Crippen molar-refractivity contribution in [1.29, 1.82) is 0 Å². The van der Waals surface area contributed by atoms with Gasteiger partial charge in [-0.05, 0) is 55.3 Å². The van der Waals surface area contributed by atoms with E-state index in [0.717, 1.165) is 5.69 Å². The van der Waals surface area contributed by atoms with Crippen molar-refractivity contribution in [3.63, 3.8) is 0 Å². The van der Waals surface area contributed by atoms with Crippen LogP contribution in [0.2, 0.25) is 0 Å². The molecule has 2 aliphatic rings. The molecule has 0 N–H and O–H groups in total. The van der Waals surface area contributed by atoms with Gasteiger partial charge in [0.15, 0.2) is 5.03 Å². The largest absolute Gasteiger partial charge is 0.368 e. The molecule has 2 aromatic carbocycles. The third-order valence-electron chi connectivity index (χ3n) is 6.61. The number of pyridine rings is 1. The fraction of sp³-hybridized carbons (Fsp3) is 0.259. The van der Waals surface area contributed by atoms with Crippen LogP contribution in [-0.4, -0.2) is 61.4 Å². The summed E-state index contributed by atoms with van der Waals surface area (Å²) < 4.78 is 27.7. The molecule has 0 unspecified atom stereocenters. The lowest BCUT2D eigenvalue weighted by atomic mass is 10.1. The van der Waals surface area contributed by atoms with Crippen LogP contribution >= 0.6 is 0 Å². The molecule has 36 heavy (non-hydrogen) atoms. The van der Waals surface area contributed by atoms with Gasteiger partial charge in [-0.25, -0.2) is 4.98 Å². The second kappa shape index (κ2) is 9.66. The highest BCUT2D eigenvalue weighted by molar-refractivity contribution is 7.89. The fourth-order valence-corrected chi connectivity index (χ4v) is 5.79. The number of sulfonamides is 1. The van der Waals surface area contributed by atoms with Crippen molar-refractivity contribution in [3.05, 3.63) is 96.0 Å². The van der Waals surface area contributed by atoms with Gasteiger partial charge in [0, 0.05) is 50.0 Å². The number of para-hydroxylation sites is 1. The van der Waals surface area contributed by atoms with Crippen molar-refractivity contribution >= 4 is 27.3 Å². The van der Waals surface area contributed by atoms with Gasteiger partial charge < -0.3 is 14.7 Å². The van der Waals surface area contributed by atoms with Crippen molar-refractivity contribution in [2.75, 3.05) is 42.6 Å². The van der Waals surface area contributed by atoms with E-state index < -0.39 is 10.0 Å². The number of anilines is 2. The zero-order valence-electron chi connectivity index (χ0n) is 20.4. The molecule has 1 saturated heterocycles. The second-order valence-electron chi connectivity index (χ2n) is 9.05. The molecule has 9 heteroatoms.